The number of anilines is 2. The van der Waals surface area contributed by atoms with E-state index in [-0.39, 0.29) is 11.5 Å². The zero-order chi connectivity index (χ0) is 19.6. The number of carbonyl (C=O) groups excluding carboxylic acids is 1. The van der Waals surface area contributed by atoms with E-state index < -0.39 is 0 Å². The summed E-state index contributed by atoms with van der Waals surface area (Å²) in [6.07, 6.45) is 1.54. The number of nitrogens with zero attached hydrogens (tertiary/aromatic N) is 3. The predicted octanol–water partition coefficient (Wildman–Crippen LogP) is 3.88. The number of thiophene rings is 1. The Morgan fingerprint density at radius 1 is 1.19 bits per heavy atom. The Bertz CT molecular complexity index is 1020. The number of nitrogens with one attached hydrogen (secondary N) is 1. The summed E-state index contributed by atoms with van der Waals surface area (Å²) in [5.41, 5.74) is 2.44. The van der Waals surface area contributed by atoms with Crippen LogP contribution in [0.1, 0.15) is 36.0 Å². The summed E-state index contributed by atoms with van der Waals surface area (Å²) in [6, 6.07) is 7.80. The van der Waals surface area contributed by atoms with Crippen LogP contribution in [-0.4, -0.2) is 28.5 Å². The first kappa shape index (κ1) is 19.1. The van der Waals surface area contributed by atoms with E-state index in [2.05, 4.69) is 29.0 Å². The summed E-state index contributed by atoms with van der Waals surface area (Å²) < 4.78 is 1.55. The van der Waals surface area contributed by atoms with Crippen LogP contribution in [0.15, 0.2) is 35.4 Å². The van der Waals surface area contributed by atoms with Crippen molar-refractivity contribution in [3.05, 3.63) is 51.4 Å². The second-order valence-electron chi connectivity index (χ2n) is 6.25. The molecule has 0 aliphatic heterocycles. The number of rotatable bonds is 6. The van der Waals surface area contributed by atoms with Crippen LogP contribution >= 0.6 is 11.3 Å². The minimum absolute atomic E-state index is 0.0983. The maximum absolute atomic E-state index is 12.8. The predicted molar refractivity (Wildman–Crippen MR) is 112 cm³/mol. The number of fused-ring (bicyclic) bond motifs is 1. The molecule has 0 radical (unpaired) electrons. The molecule has 3 aromatic rings. The topological polar surface area (TPSA) is 67.2 Å². The third-order valence-electron chi connectivity index (χ3n) is 4.72. The largest absolute Gasteiger partial charge is 0.372 e. The van der Waals surface area contributed by atoms with Crippen molar-refractivity contribution >= 4 is 38.8 Å². The number of aromatic nitrogens is 2. The molecule has 0 unspecified atom stereocenters. The van der Waals surface area contributed by atoms with Crippen molar-refractivity contribution in [2.45, 2.75) is 34.2 Å². The monoisotopic (exact) mass is 384 g/mol. The van der Waals surface area contributed by atoms with E-state index in [9.17, 15) is 9.59 Å². The highest BCUT2D eigenvalue weighted by Crippen LogP contribution is 2.28. The fourth-order valence-electron chi connectivity index (χ4n) is 3.13. The van der Waals surface area contributed by atoms with E-state index >= 15 is 0 Å². The summed E-state index contributed by atoms with van der Waals surface area (Å²) in [5, 5.41) is 3.46. The Kier molecular flexibility index (Phi) is 5.60. The third kappa shape index (κ3) is 3.60. The van der Waals surface area contributed by atoms with Crippen LogP contribution in [0.4, 0.5) is 11.4 Å². The van der Waals surface area contributed by atoms with Gasteiger partial charge in [0.2, 0.25) is 0 Å². The Hall–Kier alpha value is -2.67. The van der Waals surface area contributed by atoms with E-state index in [1.807, 2.05) is 31.2 Å². The number of hydrogen-bond donors (Lipinski definition) is 1. The highest BCUT2D eigenvalue weighted by atomic mass is 32.1. The van der Waals surface area contributed by atoms with E-state index in [0.29, 0.717) is 27.2 Å². The number of hydrogen-bond acceptors (Lipinski definition) is 5. The van der Waals surface area contributed by atoms with Crippen molar-refractivity contribution in [2.24, 2.45) is 0 Å². The molecule has 0 fully saturated rings. The van der Waals surface area contributed by atoms with Gasteiger partial charge in [-0.2, -0.15) is 0 Å². The molecule has 142 valence electrons. The van der Waals surface area contributed by atoms with Gasteiger partial charge in [0.05, 0.1) is 16.6 Å². The molecule has 0 saturated heterocycles. The molecule has 27 heavy (non-hydrogen) atoms. The van der Waals surface area contributed by atoms with Crippen LogP contribution in [0.2, 0.25) is 0 Å². The number of aryl methyl sites for hydroxylation is 2. The second kappa shape index (κ2) is 7.92. The van der Waals surface area contributed by atoms with Gasteiger partial charge in [0.25, 0.3) is 11.5 Å². The summed E-state index contributed by atoms with van der Waals surface area (Å²) in [7, 11) is 0. The molecule has 1 aromatic carbocycles. The Labute approximate surface area is 162 Å². The average Bonchev–Trinajstić information content (AvgIpc) is 3.02. The summed E-state index contributed by atoms with van der Waals surface area (Å²) >= 11 is 1.26. The standard InChI is InChI=1S/C20H24N4O2S/c1-5-23(6-2)15-10-8-14(9-11-15)22-18(25)17-13(4)16-19(27-17)21-12-24(7-3)20(16)26/h8-12H,5-7H2,1-4H3,(H,22,25). The van der Waals surface area contributed by atoms with Crippen LogP contribution < -0.4 is 15.8 Å². The average molecular weight is 385 g/mol. The first-order valence-corrected chi connectivity index (χ1v) is 9.96. The van der Waals surface area contributed by atoms with Crippen molar-refractivity contribution in [3.8, 4) is 0 Å². The van der Waals surface area contributed by atoms with Gasteiger partial charge in [-0.15, -0.1) is 11.3 Å². The van der Waals surface area contributed by atoms with Gasteiger partial charge in [-0.3, -0.25) is 14.2 Å². The lowest BCUT2D eigenvalue weighted by atomic mass is 10.2. The van der Waals surface area contributed by atoms with Crippen LogP contribution in [0.3, 0.4) is 0 Å². The quantitative estimate of drug-likeness (QED) is 0.700. The lowest BCUT2D eigenvalue weighted by molar-refractivity contribution is 0.103. The molecule has 0 bridgehead atoms. The summed E-state index contributed by atoms with van der Waals surface area (Å²) in [6.45, 7) is 10.4. The highest BCUT2D eigenvalue weighted by Gasteiger charge is 2.19. The molecular formula is C20H24N4O2S. The van der Waals surface area contributed by atoms with Gasteiger partial charge in [0.15, 0.2) is 0 Å². The minimum Gasteiger partial charge on any atom is -0.372 e. The van der Waals surface area contributed by atoms with Crippen molar-refractivity contribution < 1.29 is 4.79 Å². The maximum Gasteiger partial charge on any atom is 0.266 e. The minimum atomic E-state index is -0.214. The van der Waals surface area contributed by atoms with Gasteiger partial charge in [-0.25, -0.2) is 4.98 Å². The van der Waals surface area contributed by atoms with Crippen LogP contribution in [0.25, 0.3) is 10.2 Å². The van der Waals surface area contributed by atoms with E-state index in [0.717, 1.165) is 24.5 Å². The van der Waals surface area contributed by atoms with Gasteiger partial charge in [-0.05, 0) is 57.5 Å². The molecule has 7 heteroatoms. The van der Waals surface area contributed by atoms with E-state index in [1.165, 1.54) is 17.7 Å². The lowest BCUT2D eigenvalue weighted by Gasteiger charge is -2.21. The van der Waals surface area contributed by atoms with Crippen molar-refractivity contribution in [1.29, 1.82) is 0 Å². The highest BCUT2D eigenvalue weighted by molar-refractivity contribution is 7.20. The molecule has 2 aromatic heterocycles. The second-order valence-corrected chi connectivity index (χ2v) is 7.24. The summed E-state index contributed by atoms with van der Waals surface area (Å²) in [4.78, 5) is 33.0. The van der Waals surface area contributed by atoms with Crippen molar-refractivity contribution in [1.82, 2.24) is 9.55 Å². The summed E-state index contributed by atoms with van der Waals surface area (Å²) in [5.74, 6) is -0.214. The van der Waals surface area contributed by atoms with E-state index in [1.54, 1.807) is 11.5 Å². The number of carbonyl (C=O) groups is 1. The van der Waals surface area contributed by atoms with Gasteiger partial charge in [0.1, 0.15) is 4.83 Å². The SMILES string of the molecule is CCN(CC)c1ccc(NC(=O)c2sc3ncn(CC)c(=O)c3c2C)cc1. The van der Waals surface area contributed by atoms with Crippen LogP contribution in [0.5, 0.6) is 0 Å². The molecule has 3 rings (SSSR count). The number of benzene rings is 1. The molecule has 2 heterocycles. The zero-order valence-corrected chi connectivity index (χ0v) is 16.9. The normalized spacial score (nSPS) is 11.0. The Morgan fingerprint density at radius 2 is 1.85 bits per heavy atom. The Balaban J connectivity index is 1.87. The van der Waals surface area contributed by atoms with E-state index in [4.69, 9.17) is 0 Å². The molecule has 6 nitrogen and oxygen atoms in total. The Morgan fingerprint density at radius 3 is 2.44 bits per heavy atom. The third-order valence-corrected chi connectivity index (χ3v) is 5.92. The van der Waals surface area contributed by atoms with Gasteiger partial charge in [0, 0.05) is 31.0 Å². The molecule has 1 N–H and O–H groups in total. The first-order chi connectivity index (χ1) is 13.0. The molecule has 1 amide bonds. The molecule has 0 atom stereocenters. The molecule has 0 spiro atoms. The fourth-order valence-corrected chi connectivity index (χ4v) is 4.17. The van der Waals surface area contributed by atoms with Gasteiger partial charge in [-0.1, -0.05) is 0 Å². The number of amides is 1. The van der Waals surface area contributed by atoms with Gasteiger partial charge >= 0.3 is 0 Å². The van der Waals surface area contributed by atoms with Crippen LogP contribution in [0, 0.1) is 6.92 Å². The first-order valence-electron chi connectivity index (χ1n) is 9.15. The molecule has 0 aliphatic rings. The molecule has 0 aliphatic carbocycles. The van der Waals surface area contributed by atoms with Crippen molar-refractivity contribution in [3.63, 3.8) is 0 Å². The fraction of sp³-hybridized carbons (Fsp3) is 0.350. The lowest BCUT2D eigenvalue weighted by Crippen LogP contribution is -2.21. The van der Waals surface area contributed by atoms with Crippen molar-refractivity contribution in [2.75, 3.05) is 23.3 Å². The van der Waals surface area contributed by atoms with Crippen LogP contribution in [-0.2, 0) is 6.54 Å². The smallest absolute Gasteiger partial charge is 0.266 e. The molecular weight excluding hydrogens is 360 g/mol. The van der Waals surface area contributed by atoms with Gasteiger partial charge < -0.3 is 10.2 Å². The zero-order valence-electron chi connectivity index (χ0n) is 16.1. The maximum atomic E-state index is 12.8. The molecule has 0 saturated carbocycles.